The van der Waals surface area contributed by atoms with Crippen LogP contribution in [-0.2, 0) is 0 Å². The van der Waals surface area contributed by atoms with Gasteiger partial charge in [0.15, 0.2) is 0 Å². The van der Waals surface area contributed by atoms with Crippen molar-refractivity contribution >= 4 is 0 Å². The summed E-state index contributed by atoms with van der Waals surface area (Å²) in [4.78, 5) is 4.55. The van der Waals surface area contributed by atoms with E-state index in [1.807, 2.05) is 12.3 Å². The summed E-state index contributed by atoms with van der Waals surface area (Å²) in [5.74, 6) is 0.688. The zero-order valence-corrected chi connectivity index (χ0v) is 12.2. The Kier molecular flexibility index (Phi) is 8.54. The standard InChI is InChI=1S/C17H29N/c1-3-5-7-8-9-13-16(12-6-4-2)17-14-10-11-15-18-17/h10-11,14-16H,3-9,12-13H2,1-2H3. The van der Waals surface area contributed by atoms with Crippen molar-refractivity contribution < 1.29 is 0 Å². The van der Waals surface area contributed by atoms with Crippen LogP contribution in [0.1, 0.15) is 83.2 Å². The number of hydrogen-bond donors (Lipinski definition) is 0. The third kappa shape index (κ3) is 6.18. The highest BCUT2D eigenvalue weighted by molar-refractivity contribution is 5.09. The molecule has 0 spiro atoms. The van der Waals surface area contributed by atoms with Crippen LogP contribution in [0.5, 0.6) is 0 Å². The van der Waals surface area contributed by atoms with E-state index in [4.69, 9.17) is 0 Å². The number of unbranched alkanes of at least 4 members (excludes halogenated alkanes) is 5. The Morgan fingerprint density at radius 1 is 0.889 bits per heavy atom. The molecule has 0 amide bonds. The lowest BCUT2D eigenvalue weighted by Crippen LogP contribution is -2.01. The first-order valence-electron chi connectivity index (χ1n) is 7.79. The second kappa shape index (κ2) is 10.1. The normalized spacial score (nSPS) is 12.6. The van der Waals surface area contributed by atoms with Gasteiger partial charge in [-0.25, -0.2) is 0 Å². The molecule has 0 aliphatic rings. The van der Waals surface area contributed by atoms with Gasteiger partial charge >= 0.3 is 0 Å². The summed E-state index contributed by atoms with van der Waals surface area (Å²) in [6, 6.07) is 6.34. The molecule has 1 nitrogen and oxygen atoms in total. The highest BCUT2D eigenvalue weighted by Gasteiger charge is 2.11. The molecular weight excluding hydrogens is 218 g/mol. The van der Waals surface area contributed by atoms with E-state index in [-0.39, 0.29) is 0 Å². The van der Waals surface area contributed by atoms with E-state index in [0.29, 0.717) is 5.92 Å². The van der Waals surface area contributed by atoms with E-state index < -0.39 is 0 Å². The van der Waals surface area contributed by atoms with E-state index in [1.165, 1.54) is 63.5 Å². The van der Waals surface area contributed by atoms with Gasteiger partial charge in [0.2, 0.25) is 0 Å². The van der Waals surface area contributed by atoms with Gasteiger partial charge in [-0.3, -0.25) is 4.98 Å². The quantitative estimate of drug-likeness (QED) is 0.482. The molecule has 1 aromatic heterocycles. The molecule has 0 N–H and O–H groups in total. The lowest BCUT2D eigenvalue weighted by molar-refractivity contribution is 0.496. The molecule has 1 atom stereocenters. The first-order valence-corrected chi connectivity index (χ1v) is 7.79. The second-order valence-electron chi connectivity index (χ2n) is 5.30. The van der Waals surface area contributed by atoms with Crippen LogP contribution in [0, 0.1) is 0 Å². The minimum Gasteiger partial charge on any atom is -0.261 e. The molecule has 1 heterocycles. The lowest BCUT2D eigenvalue weighted by atomic mass is 9.92. The van der Waals surface area contributed by atoms with Gasteiger partial charge in [-0.15, -0.1) is 0 Å². The molecule has 0 fully saturated rings. The molecule has 102 valence electrons. The average molecular weight is 247 g/mol. The van der Waals surface area contributed by atoms with Crippen molar-refractivity contribution in [2.45, 2.75) is 77.6 Å². The highest BCUT2D eigenvalue weighted by Crippen LogP contribution is 2.26. The smallest absolute Gasteiger partial charge is 0.0434 e. The summed E-state index contributed by atoms with van der Waals surface area (Å²) < 4.78 is 0. The van der Waals surface area contributed by atoms with Crippen LogP contribution in [-0.4, -0.2) is 4.98 Å². The Hall–Kier alpha value is -0.850. The molecule has 0 aliphatic carbocycles. The Labute approximate surface area is 113 Å². The van der Waals surface area contributed by atoms with Gasteiger partial charge in [0, 0.05) is 17.8 Å². The van der Waals surface area contributed by atoms with Gasteiger partial charge in [0.05, 0.1) is 0 Å². The summed E-state index contributed by atoms with van der Waals surface area (Å²) in [6.45, 7) is 4.55. The summed E-state index contributed by atoms with van der Waals surface area (Å²) in [7, 11) is 0. The molecule has 0 saturated heterocycles. The van der Waals surface area contributed by atoms with Crippen LogP contribution in [0.3, 0.4) is 0 Å². The molecule has 0 aromatic carbocycles. The molecule has 18 heavy (non-hydrogen) atoms. The molecule has 1 heteroatoms. The fourth-order valence-electron chi connectivity index (χ4n) is 2.50. The van der Waals surface area contributed by atoms with E-state index in [1.54, 1.807) is 0 Å². The Bertz CT molecular complexity index is 281. The zero-order chi connectivity index (χ0) is 13.1. The van der Waals surface area contributed by atoms with Crippen LogP contribution in [0.15, 0.2) is 24.4 Å². The predicted octanol–water partition coefficient (Wildman–Crippen LogP) is 5.72. The first kappa shape index (κ1) is 15.2. The zero-order valence-electron chi connectivity index (χ0n) is 12.2. The van der Waals surface area contributed by atoms with Crippen molar-refractivity contribution in [3.05, 3.63) is 30.1 Å². The molecule has 1 aromatic rings. The topological polar surface area (TPSA) is 12.9 Å². The largest absolute Gasteiger partial charge is 0.261 e. The molecular formula is C17H29N. The predicted molar refractivity (Wildman–Crippen MR) is 79.9 cm³/mol. The highest BCUT2D eigenvalue weighted by atomic mass is 14.7. The fraction of sp³-hybridized carbons (Fsp3) is 0.706. The first-order chi connectivity index (χ1) is 8.88. The second-order valence-corrected chi connectivity index (χ2v) is 5.30. The summed E-state index contributed by atoms with van der Waals surface area (Å²) in [6.07, 6.45) is 14.1. The average Bonchev–Trinajstić information content (AvgIpc) is 2.43. The van der Waals surface area contributed by atoms with Crippen molar-refractivity contribution in [3.8, 4) is 0 Å². The van der Waals surface area contributed by atoms with Crippen LogP contribution < -0.4 is 0 Å². The Morgan fingerprint density at radius 3 is 2.28 bits per heavy atom. The van der Waals surface area contributed by atoms with E-state index in [0.717, 1.165) is 0 Å². The number of hydrogen-bond acceptors (Lipinski definition) is 1. The van der Waals surface area contributed by atoms with Gasteiger partial charge < -0.3 is 0 Å². The fourth-order valence-corrected chi connectivity index (χ4v) is 2.50. The maximum atomic E-state index is 4.55. The third-order valence-corrected chi connectivity index (χ3v) is 3.67. The molecule has 0 bridgehead atoms. The number of pyridine rings is 1. The summed E-state index contributed by atoms with van der Waals surface area (Å²) in [5.41, 5.74) is 1.31. The maximum Gasteiger partial charge on any atom is 0.0434 e. The third-order valence-electron chi connectivity index (χ3n) is 3.67. The van der Waals surface area contributed by atoms with Gasteiger partial charge in [-0.05, 0) is 25.0 Å². The van der Waals surface area contributed by atoms with Gasteiger partial charge in [-0.2, -0.15) is 0 Å². The van der Waals surface area contributed by atoms with E-state index >= 15 is 0 Å². The Morgan fingerprint density at radius 2 is 1.61 bits per heavy atom. The van der Waals surface area contributed by atoms with Crippen molar-refractivity contribution in [1.29, 1.82) is 0 Å². The maximum absolute atomic E-state index is 4.55. The van der Waals surface area contributed by atoms with Crippen molar-refractivity contribution in [1.82, 2.24) is 4.98 Å². The van der Waals surface area contributed by atoms with Crippen molar-refractivity contribution in [3.63, 3.8) is 0 Å². The molecule has 1 unspecified atom stereocenters. The van der Waals surface area contributed by atoms with Crippen LogP contribution >= 0.6 is 0 Å². The van der Waals surface area contributed by atoms with E-state index in [2.05, 4.69) is 31.0 Å². The van der Waals surface area contributed by atoms with Crippen LogP contribution in [0.4, 0.5) is 0 Å². The number of rotatable bonds is 10. The minimum absolute atomic E-state index is 0.688. The Balaban J connectivity index is 2.36. The lowest BCUT2D eigenvalue weighted by Gasteiger charge is -2.16. The summed E-state index contributed by atoms with van der Waals surface area (Å²) in [5, 5.41) is 0. The summed E-state index contributed by atoms with van der Waals surface area (Å²) >= 11 is 0. The molecule has 0 radical (unpaired) electrons. The van der Waals surface area contributed by atoms with Crippen molar-refractivity contribution in [2.75, 3.05) is 0 Å². The van der Waals surface area contributed by atoms with E-state index in [9.17, 15) is 0 Å². The number of nitrogens with zero attached hydrogens (tertiary/aromatic N) is 1. The van der Waals surface area contributed by atoms with Crippen LogP contribution in [0.25, 0.3) is 0 Å². The van der Waals surface area contributed by atoms with Gasteiger partial charge in [0.25, 0.3) is 0 Å². The van der Waals surface area contributed by atoms with Crippen molar-refractivity contribution in [2.24, 2.45) is 0 Å². The molecule has 0 aliphatic heterocycles. The minimum atomic E-state index is 0.688. The van der Waals surface area contributed by atoms with Gasteiger partial charge in [-0.1, -0.05) is 64.9 Å². The monoisotopic (exact) mass is 247 g/mol. The SMILES string of the molecule is CCCCCCCC(CCCC)c1ccccn1. The molecule has 1 rings (SSSR count). The molecule has 0 saturated carbocycles. The van der Waals surface area contributed by atoms with Gasteiger partial charge in [0.1, 0.15) is 0 Å². The number of aromatic nitrogens is 1. The van der Waals surface area contributed by atoms with Crippen LogP contribution in [0.2, 0.25) is 0 Å².